The van der Waals surface area contributed by atoms with Crippen molar-refractivity contribution in [1.82, 2.24) is 19.9 Å². The minimum Gasteiger partial charge on any atom is -0.391 e. The minimum atomic E-state index is -1.07. The van der Waals surface area contributed by atoms with E-state index in [9.17, 15) is 9.32 Å². The molecule has 2 aromatic heterocycles. The molecule has 5 heterocycles. The average molecular weight is 479 g/mol. The van der Waals surface area contributed by atoms with E-state index < -0.39 is 10.8 Å². The molecule has 34 heavy (non-hydrogen) atoms. The summed E-state index contributed by atoms with van der Waals surface area (Å²) in [5.74, 6) is 3.63. The topological polar surface area (TPSA) is 95.3 Å². The molecule has 9 heteroatoms. The maximum absolute atomic E-state index is 12.9. The fourth-order valence-corrected chi connectivity index (χ4v) is 7.41. The monoisotopic (exact) mass is 478 g/mol. The summed E-state index contributed by atoms with van der Waals surface area (Å²) in [6, 6.07) is 0. The van der Waals surface area contributed by atoms with Crippen LogP contribution in [-0.4, -0.2) is 66.3 Å². The van der Waals surface area contributed by atoms with E-state index in [0.29, 0.717) is 24.2 Å². The molecule has 0 radical (unpaired) electrons. The Hall–Kier alpha value is -2.39. The van der Waals surface area contributed by atoms with Crippen LogP contribution in [0.15, 0.2) is 23.4 Å². The van der Waals surface area contributed by atoms with Crippen LogP contribution in [0.2, 0.25) is 0 Å². The highest BCUT2D eigenvalue weighted by atomic mass is 32.2. The molecular formula is C25H30N6O2S. The zero-order valence-electron chi connectivity index (χ0n) is 19.3. The number of anilines is 2. The number of nitrogens with zero attached hydrogens (tertiary/aromatic N) is 6. The van der Waals surface area contributed by atoms with Crippen LogP contribution >= 0.6 is 0 Å². The highest BCUT2D eigenvalue weighted by Gasteiger charge is 2.53. The molecule has 178 valence electrons. The van der Waals surface area contributed by atoms with Crippen molar-refractivity contribution < 1.29 is 9.32 Å². The first-order valence-corrected chi connectivity index (χ1v) is 14.0. The Bertz CT molecular complexity index is 1190. The van der Waals surface area contributed by atoms with Gasteiger partial charge in [-0.05, 0) is 62.0 Å². The lowest BCUT2D eigenvalue weighted by Gasteiger charge is -2.48. The summed E-state index contributed by atoms with van der Waals surface area (Å²) < 4.78 is 12.9. The second-order valence-electron chi connectivity index (χ2n) is 10.4. The number of hydrogen-bond donors (Lipinski definition) is 1. The van der Waals surface area contributed by atoms with Crippen LogP contribution in [0, 0.1) is 0 Å². The molecule has 2 aromatic rings. The summed E-state index contributed by atoms with van der Waals surface area (Å²) >= 11 is 0. The predicted molar refractivity (Wildman–Crippen MR) is 130 cm³/mol. The standard InChI is InChI=1S/C25H30N6O2S/c32-20-6-12-31(25(20)8-1-9-25)23-21-19(7-13-34(21)33)28-24(29-23)30-10-4-17(5-11-30)22-26-14-18(15-27-22)16-2-3-16/h4,14-16,20,32H,1-3,5-13H2. The largest absolute Gasteiger partial charge is 0.391 e. The summed E-state index contributed by atoms with van der Waals surface area (Å²) in [5, 5.41) is 10.8. The van der Waals surface area contributed by atoms with Crippen molar-refractivity contribution in [2.75, 3.05) is 35.2 Å². The molecule has 0 bridgehead atoms. The molecule has 2 aliphatic carbocycles. The van der Waals surface area contributed by atoms with Crippen LogP contribution in [0.1, 0.15) is 67.9 Å². The van der Waals surface area contributed by atoms with Gasteiger partial charge in [0.25, 0.3) is 0 Å². The normalized spacial score (nSPS) is 27.6. The summed E-state index contributed by atoms with van der Waals surface area (Å²) in [5.41, 5.74) is 3.13. The molecular weight excluding hydrogens is 448 g/mol. The van der Waals surface area contributed by atoms with E-state index in [2.05, 4.69) is 25.8 Å². The molecule has 7 rings (SSSR count). The lowest BCUT2D eigenvalue weighted by atomic mass is 9.73. The number of aliphatic hydroxyl groups excluding tert-OH is 1. The van der Waals surface area contributed by atoms with Crippen molar-refractivity contribution in [2.24, 2.45) is 0 Å². The summed E-state index contributed by atoms with van der Waals surface area (Å²) in [6.45, 7) is 2.27. The molecule has 2 unspecified atom stereocenters. The van der Waals surface area contributed by atoms with Gasteiger partial charge in [0.15, 0.2) is 11.6 Å². The van der Waals surface area contributed by atoms with Gasteiger partial charge in [0.1, 0.15) is 4.90 Å². The van der Waals surface area contributed by atoms with Crippen molar-refractivity contribution in [2.45, 2.75) is 73.8 Å². The van der Waals surface area contributed by atoms with Gasteiger partial charge in [-0.3, -0.25) is 4.21 Å². The fraction of sp³-hybridized carbons (Fsp3) is 0.600. The van der Waals surface area contributed by atoms with E-state index in [1.54, 1.807) is 0 Å². The van der Waals surface area contributed by atoms with Crippen LogP contribution < -0.4 is 9.80 Å². The van der Waals surface area contributed by atoms with E-state index in [-0.39, 0.29) is 11.6 Å². The van der Waals surface area contributed by atoms with Gasteiger partial charge in [0.05, 0.1) is 28.1 Å². The molecule has 5 aliphatic rings. The van der Waals surface area contributed by atoms with Crippen LogP contribution in [0.25, 0.3) is 5.57 Å². The third kappa shape index (κ3) is 3.23. The number of aromatic nitrogens is 4. The minimum absolute atomic E-state index is 0.231. The Morgan fingerprint density at radius 1 is 1.06 bits per heavy atom. The van der Waals surface area contributed by atoms with Gasteiger partial charge in [-0.2, -0.15) is 4.98 Å². The van der Waals surface area contributed by atoms with E-state index in [1.807, 2.05) is 12.4 Å². The van der Waals surface area contributed by atoms with Crippen molar-refractivity contribution in [1.29, 1.82) is 0 Å². The van der Waals surface area contributed by atoms with Crippen LogP contribution in [0.5, 0.6) is 0 Å². The smallest absolute Gasteiger partial charge is 0.227 e. The van der Waals surface area contributed by atoms with Crippen LogP contribution in [0.3, 0.4) is 0 Å². The van der Waals surface area contributed by atoms with Gasteiger partial charge in [-0.1, -0.05) is 6.08 Å². The third-order valence-corrected chi connectivity index (χ3v) is 9.87. The van der Waals surface area contributed by atoms with Gasteiger partial charge in [-0.25, -0.2) is 15.0 Å². The summed E-state index contributed by atoms with van der Waals surface area (Å²) in [4.78, 5) is 24.4. The van der Waals surface area contributed by atoms with Crippen molar-refractivity contribution >= 4 is 28.1 Å². The predicted octanol–water partition coefficient (Wildman–Crippen LogP) is 2.60. The molecule has 2 atom stereocenters. The first-order chi connectivity index (χ1) is 16.6. The van der Waals surface area contributed by atoms with Gasteiger partial charge in [-0.15, -0.1) is 0 Å². The number of fused-ring (bicyclic) bond motifs is 1. The molecule has 3 aliphatic heterocycles. The highest BCUT2D eigenvalue weighted by molar-refractivity contribution is 7.85. The Kier molecular flexibility index (Phi) is 4.81. The molecule has 1 spiro atoms. The van der Waals surface area contributed by atoms with E-state index >= 15 is 0 Å². The third-order valence-electron chi connectivity index (χ3n) is 8.42. The zero-order chi connectivity index (χ0) is 22.9. The molecule has 0 amide bonds. The van der Waals surface area contributed by atoms with Crippen molar-refractivity contribution in [3.8, 4) is 0 Å². The van der Waals surface area contributed by atoms with Gasteiger partial charge < -0.3 is 14.9 Å². The Morgan fingerprint density at radius 3 is 2.56 bits per heavy atom. The number of aryl methyl sites for hydroxylation is 1. The zero-order valence-corrected chi connectivity index (χ0v) is 20.1. The fourth-order valence-electron chi connectivity index (χ4n) is 6.06. The number of aliphatic hydroxyl groups is 1. The van der Waals surface area contributed by atoms with Crippen LogP contribution in [0.4, 0.5) is 11.8 Å². The maximum Gasteiger partial charge on any atom is 0.227 e. The van der Waals surface area contributed by atoms with Crippen molar-refractivity contribution in [3.63, 3.8) is 0 Å². The lowest BCUT2D eigenvalue weighted by Crippen LogP contribution is -2.56. The molecule has 1 N–H and O–H groups in total. The number of hydrogen-bond acceptors (Lipinski definition) is 8. The second kappa shape index (κ2) is 7.81. The SMILES string of the molecule is O=S1CCc2nc(N3CC=C(c4ncc(C5CC5)cn4)CC3)nc(N3CCC(O)C34CCC4)c21. The van der Waals surface area contributed by atoms with E-state index in [0.717, 1.165) is 73.8 Å². The van der Waals surface area contributed by atoms with E-state index in [1.165, 1.54) is 24.0 Å². The summed E-state index contributed by atoms with van der Waals surface area (Å²) in [7, 11) is -1.07. The first-order valence-electron chi connectivity index (χ1n) is 12.6. The molecule has 2 saturated carbocycles. The molecule has 8 nitrogen and oxygen atoms in total. The number of rotatable bonds is 4. The van der Waals surface area contributed by atoms with Crippen molar-refractivity contribution in [3.05, 3.63) is 35.6 Å². The highest BCUT2D eigenvalue weighted by Crippen LogP contribution is 2.49. The Balaban J connectivity index is 1.18. The van der Waals surface area contributed by atoms with Gasteiger partial charge in [0, 0.05) is 44.2 Å². The Morgan fingerprint density at radius 2 is 1.88 bits per heavy atom. The van der Waals surface area contributed by atoms with Gasteiger partial charge in [0.2, 0.25) is 5.95 Å². The molecule has 3 fully saturated rings. The lowest BCUT2D eigenvalue weighted by molar-refractivity contribution is 0.0579. The quantitative estimate of drug-likeness (QED) is 0.717. The second-order valence-corrected chi connectivity index (χ2v) is 11.9. The maximum atomic E-state index is 12.9. The Labute approximate surface area is 202 Å². The van der Waals surface area contributed by atoms with Crippen LogP contribution in [-0.2, 0) is 17.2 Å². The first kappa shape index (κ1) is 20.9. The van der Waals surface area contributed by atoms with E-state index in [4.69, 9.17) is 9.97 Å². The molecule has 1 saturated heterocycles. The molecule has 0 aromatic carbocycles. The van der Waals surface area contributed by atoms with Gasteiger partial charge >= 0.3 is 0 Å². The summed E-state index contributed by atoms with van der Waals surface area (Å²) in [6.07, 6.45) is 13.7. The average Bonchev–Trinajstić information content (AvgIpc) is 3.54.